The second kappa shape index (κ2) is 6.07. The summed E-state index contributed by atoms with van der Waals surface area (Å²) in [5.41, 5.74) is 0.890. The third kappa shape index (κ3) is 3.56. The lowest BCUT2D eigenvalue weighted by Gasteiger charge is -2.09. The highest BCUT2D eigenvalue weighted by atomic mass is 32.2. The third-order valence-electron chi connectivity index (χ3n) is 2.83. The first-order valence-corrected chi connectivity index (χ1v) is 7.66. The van der Waals surface area contributed by atoms with Gasteiger partial charge in [0.05, 0.1) is 12.7 Å². The summed E-state index contributed by atoms with van der Waals surface area (Å²) in [6.45, 7) is 1.83. The summed E-state index contributed by atoms with van der Waals surface area (Å²) in [6, 6.07) is 9.52. The Hall–Kier alpha value is -2.54. The molecule has 0 radical (unpaired) electrons. The fourth-order valence-corrected chi connectivity index (χ4v) is 2.66. The van der Waals surface area contributed by atoms with E-state index in [4.69, 9.17) is 4.18 Å². The number of rotatable bonds is 4. The van der Waals surface area contributed by atoms with E-state index in [1.165, 1.54) is 25.3 Å². The van der Waals surface area contributed by atoms with Gasteiger partial charge in [-0.1, -0.05) is 17.7 Å². The number of phenols is 1. The number of ether oxygens (including phenoxy) is 1. The normalized spacial score (nSPS) is 11.0. The molecule has 2 aromatic rings. The molecular weight excluding hydrogens is 308 g/mol. The van der Waals surface area contributed by atoms with E-state index in [1.54, 1.807) is 12.1 Å². The minimum absolute atomic E-state index is 0.0170. The molecule has 0 aromatic heterocycles. The molecule has 0 aliphatic heterocycles. The molecule has 0 heterocycles. The molecule has 0 aliphatic carbocycles. The van der Waals surface area contributed by atoms with Gasteiger partial charge in [0.25, 0.3) is 0 Å². The van der Waals surface area contributed by atoms with Gasteiger partial charge in [0.15, 0.2) is 0 Å². The lowest BCUT2D eigenvalue weighted by Crippen LogP contribution is -2.10. The van der Waals surface area contributed by atoms with E-state index >= 15 is 0 Å². The Kier molecular flexibility index (Phi) is 4.37. The van der Waals surface area contributed by atoms with Crippen molar-refractivity contribution in [2.75, 3.05) is 7.11 Å². The zero-order valence-electron chi connectivity index (χ0n) is 11.9. The molecule has 0 atom stereocenters. The van der Waals surface area contributed by atoms with Crippen molar-refractivity contribution in [3.8, 4) is 11.5 Å². The zero-order chi connectivity index (χ0) is 16.3. The lowest BCUT2D eigenvalue weighted by molar-refractivity contribution is 0.0600. The smallest absolute Gasteiger partial charge is 0.339 e. The average molecular weight is 322 g/mol. The fourth-order valence-electron chi connectivity index (χ4n) is 1.75. The summed E-state index contributed by atoms with van der Waals surface area (Å²) in [5.74, 6) is -1.20. The fraction of sp³-hybridized carbons (Fsp3) is 0.133. The van der Waals surface area contributed by atoms with E-state index < -0.39 is 16.1 Å². The van der Waals surface area contributed by atoms with Crippen LogP contribution in [0.3, 0.4) is 0 Å². The number of carbonyl (C=O) groups is 1. The topological polar surface area (TPSA) is 89.9 Å². The SMILES string of the molecule is COC(=O)c1cc(O)cc(OS(=O)(=O)c2ccc(C)cc2)c1. The highest BCUT2D eigenvalue weighted by Crippen LogP contribution is 2.25. The summed E-state index contributed by atoms with van der Waals surface area (Å²) in [7, 11) is -2.88. The van der Waals surface area contributed by atoms with Crippen LogP contribution in [0.15, 0.2) is 47.4 Å². The molecule has 0 amide bonds. The molecule has 22 heavy (non-hydrogen) atoms. The molecule has 2 rings (SSSR count). The minimum Gasteiger partial charge on any atom is -0.508 e. The first-order valence-electron chi connectivity index (χ1n) is 6.25. The van der Waals surface area contributed by atoms with Crippen molar-refractivity contribution < 1.29 is 27.2 Å². The molecule has 0 fully saturated rings. The van der Waals surface area contributed by atoms with E-state index in [0.29, 0.717) is 0 Å². The van der Waals surface area contributed by atoms with Gasteiger partial charge in [0, 0.05) is 6.07 Å². The summed E-state index contributed by atoms with van der Waals surface area (Å²) < 4.78 is 33.8. The van der Waals surface area contributed by atoms with Crippen LogP contribution >= 0.6 is 0 Å². The maximum absolute atomic E-state index is 12.2. The second-order valence-corrected chi connectivity index (χ2v) is 6.10. The molecule has 1 N–H and O–H groups in total. The van der Waals surface area contributed by atoms with Gasteiger partial charge >= 0.3 is 16.1 Å². The van der Waals surface area contributed by atoms with E-state index in [-0.39, 0.29) is 22.0 Å². The number of esters is 1. The van der Waals surface area contributed by atoms with Crippen LogP contribution in [0, 0.1) is 6.92 Å². The van der Waals surface area contributed by atoms with Gasteiger partial charge in [0.2, 0.25) is 0 Å². The molecule has 0 bridgehead atoms. The van der Waals surface area contributed by atoms with Crippen LogP contribution in [0.25, 0.3) is 0 Å². The number of carbonyl (C=O) groups excluding carboxylic acids is 1. The van der Waals surface area contributed by atoms with Gasteiger partial charge in [-0.25, -0.2) is 4.79 Å². The average Bonchev–Trinajstić information content (AvgIpc) is 2.45. The number of methoxy groups -OCH3 is 1. The van der Waals surface area contributed by atoms with Crippen LogP contribution in [0.4, 0.5) is 0 Å². The van der Waals surface area contributed by atoms with E-state index in [1.807, 2.05) is 6.92 Å². The Bertz CT molecular complexity index is 793. The minimum atomic E-state index is -4.06. The van der Waals surface area contributed by atoms with E-state index in [9.17, 15) is 18.3 Å². The first kappa shape index (κ1) is 15.8. The predicted octanol–water partition coefficient (Wildman–Crippen LogP) is 2.25. The molecule has 0 spiro atoms. The van der Waals surface area contributed by atoms with Crippen molar-refractivity contribution in [3.05, 3.63) is 53.6 Å². The summed E-state index contributed by atoms with van der Waals surface area (Å²) in [5, 5.41) is 9.56. The lowest BCUT2D eigenvalue weighted by atomic mass is 10.2. The van der Waals surface area contributed by atoms with Crippen LogP contribution < -0.4 is 4.18 Å². The summed E-state index contributed by atoms with van der Waals surface area (Å²) in [6.07, 6.45) is 0. The Morgan fingerprint density at radius 3 is 2.32 bits per heavy atom. The molecule has 6 nitrogen and oxygen atoms in total. The maximum atomic E-state index is 12.2. The quantitative estimate of drug-likeness (QED) is 0.686. The van der Waals surface area contributed by atoms with Crippen molar-refractivity contribution in [2.24, 2.45) is 0 Å². The van der Waals surface area contributed by atoms with Crippen molar-refractivity contribution in [3.63, 3.8) is 0 Å². The number of hydrogen-bond donors (Lipinski definition) is 1. The van der Waals surface area contributed by atoms with Crippen molar-refractivity contribution in [2.45, 2.75) is 11.8 Å². The summed E-state index contributed by atoms with van der Waals surface area (Å²) >= 11 is 0. The molecule has 0 saturated carbocycles. The number of benzene rings is 2. The van der Waals surface area contributed by atoms with Crippen LogP contribution in [0.5, 0.6) is 11.5 Å². The predicted molar refractivity (Wildman–Crippen MR) is 78.4 cm³/mol. The van der Waals surface area contributed by atoms with Crippen molar-refractivity contribution in [1.29, 1.82) is 0 Å². The van der Waals surface area contributed by atoms with Crippen LogP contribution in [-0.2, 0) is 14.9 Å². The van der Waals surface area contributed by atoms with E-state index in [2.05, 4.69) is 4.74 Å². The standard InChI is InChI=1S/C15H14O6S/c1-10-3-5-14(6-4-10)22(18,19)21-13-8-11(15(17)20-2)7-12(16)9-13/h3-9,16H,1-2H3. The van der Waals surface area contributed by atoms with Crippen LogP contribution in [0.1, 0.15) is 15.9 Å². The second-order valence-electron chi connectivity index (χ2n) is 4.56. The largest absolute Gasteiger partial charge is 0.508 e. The van der Waals surface area contributed by atoms with Crippen molar-refractivity contribution >= 4 is 16.1 Å². The highest BCUT2D eigenvalue weighted by Gasteiger charge is 2.18. The maximum Gasteiger partial charge on any atom is 0.339 e. The molecule has 116 valence electrons. The number of aromatic hydroxyl groups is 1. The van der Waals surface area contributed by atoms with Crippen LogP contribution in [-0.4, -0.2) is 26.6 Å². The number of phenolic OH excluding ortho intramolecular Hbond substituents is 1. The Labute approximate surface area is 128 Å². The Balaban J connectivity index is 2.35. The van der Waals surface area contributed by atoms with Gasteiger partial charge in [-0.15, -0.1) is 0 Å². The first-order chi connectivity index (χ1) is 10.3. The van der Waals surface area contributed by atoms with Gasteiger partial charge in [-0.2, -0.15) is 8.42 Å². The van der Waals surface area contributed by atoms with Crippen molar-refractivity contribution in [1.82, 2.24) is 0 Å². The molecular formula is C15H14O6S. The Morgan fingerprint density at radius 1 is 1.09 bits per heavy atom. The van der Waals surface area contributed by atoms with Gasteiger partial charge < -0.3 is 14.0 Å². The molecule has 7 heteroatoms. The summed E-state index contributed by atoms with van der Waals surface area (Å²) in [4.78, 5) is 11.4. The molecule has 0 saturated heterocycles. The Morgan fingerprint density at radius 2 is 1.73 bits per heavy atom. The van der Waals surface area contributed by atoms with Crippen LogP contribution in [0.2, 0.25) is 0 Å². The molecule has 0 aliphatic rings. The highest BCUT2D eigenvalue weighted by molar-refractivity contribution is 7.87. The number of aryl methyl sites for hydroxylation is 1. The molecule has 0 unspecified atom stereocenters. The molecule has 2 aromatic carbocycles. The third-order valence-corrected chi connectivity index (χ3v) is 4.09. The van der Waals surface area contributed by atoms with Gasteiger partial charge in [-0.05, 0) is 31.2 Å². The zero-order valence-corrected chi connectivity index (χ0v) is 12.8. The van der Waals surface area contributed by atoms with Gasteiger partial charge in [0.1, 0.15) is 16.4 Å². The van der Waals surface area contributed by atoms with E-state index in [0.717, 1.165) is 17.7 Å². The number of hydrogen-bond acceptors (Lipinski definition) is 6. The monoisotopic (exact) mass is 322 g/mol. The van der Waals surface area contributed by atoms with Gasteiger partial charge in [-0.3, -0.25) is 0 Å².